The van der Waals surface area contributed by atoms with Crippen LogP contribution in [0.1, 0.15) is 52.4 Å². The minimum atomic E-state index is -0.718. The summed E-state index contributed by atoms with van der Waals surface area (Å²) in [5, 5.41) is 6.94. The van der Waals surface area contributed by atoms with Crippen molar-refractivity contribution in [2.45, 2.75) is 76.7 Å². The van der Waals surface area contributed by atoms with Crippen molar-refractivity contribution in [1.29, 1.82) is 0 Å². The average Bonchev–Trinajstić information content (AvgIpc) is 4.00. The van der Waals surface area contributed by atoms with E-state index in [2.05, 4.69) is 15.6 Å². The first kappa shape index (κ1) is 41.3. The van der Waals surface area contributed by atoms with Gasteiger partial charge in [0.05, 0.1) is 6.20 Å². The van der Waals surface area contributed by atoms with Crippen LogP contribution in [-0.2, 0) is 19.2 Å². The Labute approximate surface area is 352 Å². The molecule has 1 aromatic heterocycles. The Hall–Kier alpha value is -5.85. The Morgan fingerprint density at radius 1 is 0.695 bits per heavy atom. The molecule has 3 heterocycles. The van der Waals surface area contributed by atoms with Crippen LogP contribution >= 0.6 is 23.2 Å². The molecule has 0 saturated carbocycles. The number of benzene rings is 4. The molecular formula is C45H45Cl2N5O7. The van der Waals surface area contributed by atoms with E-state index >= 15 is 0 Å². The summed E-state index contributed by atoms with van der Waals surface area (Å²) < 4.78 is 17.8. The van der Waals surface area contributed by atoms with E-state index in [0.717, 1.165) is 36.8 Å². The maximum Gasteiger partial charge on any atom is 0.263 e. The van der Waals surface area contributed by atoms with E-state index in [0.29, 0.717) is 57.7 Å². The van der Waals surface area contributed by atoms with Crippen molar-refractivity contribution in [3.8, 4) is 34.3 Å². The SMILES string of the molecule is CC(Oc1cccc(Cl)c1)C(=O)N1CCC[C@H]1CC(=O)Nc1ccc(-c2cnc(-c3ccc(NC(=O)C[C@@H]4CCCN4C(=O)C(C)Oc4cccc(Cl)c4)cc3)o2)cc1. The summed E-state index contributed by atoms with van der Waals surface area (Å²) in [6.45, 7) is 4.55. The van der Waals surface area contributed by atoms with Crippen molar-refractivity contribution in [3.63, 3.8) is 0 Å². The Balaban J connectivity index is 0.875. The highest BCUT2D eigenvalue weighted by Crippen LogP contribution is 2.30. The minimum absolute atomic E-state index is 0.163. The molecule has 2 saturated heterocycles. The number of ether oxygens (including phenoxy) is 2. The number of carbonyl (C=O) groups excluding carboxylic acids is 4. The molecule has 0 bridgehead atoms. The highest BCUT2D eigenvalue weighted by Gasteiger charge is 2.35. The van der Waals surface area contributed by atoms with Gasteiger partial charge in [-0.3, -0.25) is 19.2 Å². The van der Waals surface area contributed by atoms with E-state index in [1.165, 1.54) is 0 Å². The van der Waals surface area contributed by atoms with Crippen LogP contribution in [0, 0.1) is 0 Å². The van der Waals surface area contributed by atoms with E-state index in [9.17, 15) is 19.2 Å². The molecule has 5 aromatic rings. The van der Waals surface area contributed by atoms with Gasteiger partial charge in [0, 0.05) is 70.6 Å². The number of oxazole rings is 1. The van der Waals surface area contributed by atoms with Crippen molar-refractivity contribution >= 4 is 58.2 Å². The van der Waals surface area contributed by atoms with E-state index in [-0.39, 0.29) is 48.6 Å². The van der Waals surface area contributed by atoms with Crippen LogP contribution < -0.4 is 20.1 Å². The number of amides is 4. The van der Waals surface area contributed by atoms with Gasteiger partial charge in [0.1, 0.15) is 11.5 Å². The summed E-state index contributed by atoms with van der Waals surface area (Å²) >= 11 is 12.1. The zero-order valence-electron chi connectivity index (χ0n) is 32.7. The Bertz CT molecular complexity index is 2130. The number of likely N-dealkylation sites (tertiary alicyclic amines) is 2. The third-order valence-corrected chi connectivity index (χ3v) is 10.9. The lowest BCUT2D eigenvalue weighted by Crippen LogP contribution is -2.44. The third kappa shape index (κ3) is 10.6. The van der Waals surface area contributed by atoms with Crippen molar-refractivity contribution in [1.82, 2.24) is 14.8 Å². The van der Waals surface area contributed by atoms with Crippen LogP contribution in [0.3, 0.4) is 0 Å². The number of hydrogen-bond acceptors (Lipinski definition) is 8. The smallest absolute Gasteiger partial charge is 0.263 e. The summed E-state index contributed by atoms with van der Waals surface area (Å²) in [5.74, 6) is 1.29. The Kier molecular flexibility index (Phi) is 13.2. The van der Waals surface area contributed by atoms with Crippen molar-refractivity contribution < 1.29 is 33.1 Å². The zero-order chi connectivity index (χ0) is 41.5. The van der Waals surface area contributed by atoms with Crippen LogP contribution in [0.2, 0.25) is 10.0 Å². The second kappa shape index (κ2) is 18.8. The highest BCUT2D eigenvalue weighted by molar-refractivity contribution is 6.31. The average molecular weight is 839 g/mol. The quantitative estimate of drug-likeness (QED) is 0.113. The predicted molar refractivity (Wildman–Crippen MR) is 226 cm³/mol. The molecule has 2 aliphatic rings. The van der Waals surface area contributed by atoms with Crippen molar-refractivity contribution in [2.75, 3.05) is 23.7 Å². The molecule has 59 heavy (non-hydrogen) atoms. The second-order valence-corrected chi connectivity index (χ2v) is 15.7. The topological polar surface area (TPSA) is 143 Å². The monoisotopic (exact) mass is 837 g/mol. The van der Waals surface area contributed by atoms with Crippen LogP contribution in [-0.4, -0.2) is 75.8 Å². The molecule has 2 fully saturated rings. The van der Waals surface area contributed by atoms with Gasteiger partial charge in [0.15, 0.2) is 18.0 Å². The molecule has 2 aliphatic heterocycles. The van der Waals surface area contributed by atoms with Gasteiger partial charge in [0.2, 0.25) is 17.7 Å². The first-order chi connectivity index (χ1) is 28.5. The van der Waals surface area contributed by atoms with Gasteiger partial charge in [-0.05, 0) is 124 Å². The van der Waals surface area contributed by atoms with Gasteiger partial charge in [0.25, 0.3) is 11.8 Å². The number of hydrogen-bond donors (Lipinski definition) is 2. The molecule has 306 valence electrons. The normalized spacial score (nSPS) is 17.3. The molecule has 12 nitrogen and oxygen atoms in total. The summed E-state index contributed by atoms with van der Waals surface area (Å²) in [5.41, 5.74) is 2.73. The lowest BCUT2D eigenvalue weighted by atomic mass is 10.1. The molecule has 4 atom stereocenters. The fraction of sp³-hybridized carbons (Fsp3) is 0.311. The van der Waals surface area contributed by atoms with Crippen molar-refractivity contribution in [2.24, 2.45) is 0 Å². The molecule has 2 unspecified atom stereocenters. The number of anilines is 2. The van der Waals surface area contributed by atoms with Crippen LogP contribution in [0.25, 0.3) is 22.8 Å². The number of nitrogens with one attached hydrogen (secondary N) is 2. The molecular weight excluding hydrogens is 793 g/mol. The van der Waals surface area contributed by atoms with Crippen molar-refractivity contribution in [3.05, 3.63) is 113 Å². The summed E-state index contributed by atoms with van der Waals surface area (Å²) in [6.07, 6.45) is 3.64. The summed E-state index contributed by atoms with van der Waals surface area (Å²) in [7, 11) is 0. The van der Waals surface area contributed by atoms with Gasteiger partial charge in [-0.1, -0.05) is 35.3 Å². The molecule has 7 rings (SSSR count). The first-order valence-electron chi connectivity index (χ1n) is 19.7. The van der Waals surface area contributed by atoms with Gasteiger partial charge >= 0.3 is 0 Å². The predicted octanol–water partition coefficient (Wildman–Crippen LogP) is 8.89. The maximum atomic E-state index is 13.2. The summed E-state index contributed by atoms with van der Waals surface area (Å²) in [6, 6.07) is 27.8. The summed E-state index contributed by atoms with van der Waals surface area (Å²) in [4.78, 5) is 60.5. The standard InChI is InChI=1S/C45H45Cl2N5O7/c1-28(57-38-11-3-7-32(46)23-38)44(55)51-21-5-9-36(51)25-41(53)49-34-17-13-30(14-18-34)40-27-48-43(59-40)31-15-19-35(20-16-31)50-42(54)26-37-10-6-22-52(37)45(56)29(2)58-39-12-4-8-33(47)24-39/h3-4,7-8,11-20,23-24,27-29,36-37H,5-6,9-10,21-22,25-26H2,1-2H3,(H,49,53)(H,50,54)/t28?,29?,36-,37-/m0/s1. The lowest BCUT2D eigenvalue weighted by molar-refractivity contribution is -0.140. The number of nitrogens with zero attached hydrogens (tertiary/aromatic N) is 3. The van der Waals surface area contributed by atoms with Gasteiger partial charge in [-0.15, -0.1) is 0 Å². The van der Waals surface area contributed by atoms with Crippen LogP contribution in [0.15, 0.2) is 108 Å². The number of aromatic nitrogens is 1. The fourth-order valence-corrected chi connectivity index (χ4v) is 7.90. The molecule has 4 amide bonds. The maximum absolute atomic E-state index is 13.2. The van der Waals surface area contributed by atoms with E-state index in [1.807, 2.05) is 24.3 Å². The van der Waals surface area contributed by atoms with E-state index < -0.39 is 12.2 Å². The van der Waals surface area contributed by atoms with E-state index in [4.69, 9.17) is 37.1 Å². The molecule has 0 radical (unpaired) electrons. The van der Waals surface area contributed by atoms with Crippen LogP contribution in [0.5, 0.6) is 11.5 Å². The molecule has 0 spiro atoms. The molecule has 4 aromatic carbocycles. The largest absolute Gasteiger partial charge is 0.481 e. The minimum Gasteiger partial charge on any atom is -0.481 e. The Morgan fingerprint density at radius 3 is 1.61 bits per heavy atom. The zero-order valence-corrected chi connectivity index (χ0v) is 34.2. The van der Waals surface area contributed by atoms with E-state index in [1.54, 1.807) is 103 Å². The molecule has 2 N–H and O–H groups in total. The number of halogens is 2. The lowest BCUT2D eigenvalue weighted by Gasteiger charge is -2.27. The molecule has 14 heteroatoms. The Morgan fingerprint density at radius 2 is 1.15 bits per heavy atom. The van der Waals surface area contributed by atoms with Gasteiger partial charge < -0.3 is 34.3 Å². The van der Waals surface area contributed by atoms with Crippen LogP contribution in [0.4, 0.5) is 11.4 Å². The highest BCUT2D eigenvalue weighted by atomic mass is 35.5. The second-order valence-electron chi connectivity index (χ2n) is 14.8. The van der Waals surface area contributed by atoms with Gasteiger partial charge in [-0.25, -0.2) is 4.98 Å². The third-order valence-electron chi connectivity index (χ3n) is 10.5. The number of rotatable bonds is 14. The fourth-order valence-electron chi connectivity index (χ4n) is 7.54. The number of carbonyl (C=O) groups is 4. The first-order valence-corrected chi connectivity index (χ1v) is 20.5. The van der Waals surface area contributed by atoms with Gasteiger partial charge in [-0.2, -0.15) is 0 Å². The molecule has 0 aliphatic carbocycles.